The van der Waals surface area contributed by atoms with Crippen LogP contribution < -0.4 is 4.90 Å². The lowest BCUT2D eigenvalue weighted by atomic mass is 9.89. The van der Waals surface area contributed by atoms with Crippen LogP contribution in [0, 0.1) is 17.3 Å². The zero-order valence-electron chi connectivity index (χ0n) is 26.8. The monoisotopic (exact) mass is 637 g/mol. The minimum atomic E-state index is -3.73. The van der Waals surface area contributed by atoms with Gasteiger partial charge in [-0.05, 0) is 106 Å². The fourth-order valence-corrected chi connectivity index (χ4v) is 10.7. The van der Waals surface area contributed by atoms with Crippen molar-refractivity contribution in [2.45, 2.75) is 82.4 Å². The summed E-state index contributed by atoms with van der Waals surface area (Å²) in [5.74, 6) is 1.23. The number of benzene rings is 1. The molecule has 0 atom stereocenters. The predicted molar refractivity (Wildman–Crippen MR) is 174 cm³/mol. The third kappa shape index (κ3) is 8.33. The van der Waals surface area contributed by atoms with Gasteiger partial charge in [-0.25, -0.2) is 8.42 Å². The molecule has 4 fully saturated rings. The highest BCUT2D eigenvalue weighted by atomic mass is 32.2. The van der Waals surface area contributed by atoms with E-state index in [1.807, 2.05) is 31.1 Å². The van der Waals surface area contributed by atoms with Crippen LogP contribution in [-0.4, -0.2) is 108 Å². The zero-order valence-corrected chi connectivity index (χ0v) is 28.4. The molecule has 2 saturated carbocycles. The molecule has 4 aliphatic rings. The summed E-state index contributed by atoms with van der Waals surface area (Å²) in [4.78, 5) is 4.77. The Morgan fingerprint density at radius 1 is 0.721 bits per heavy atom. The molecule has 244 valence electrons. The summed E-state index contributed by atoms with van der Waals surface area (Å²) < 4.78 is 61.5. The molecular formula is C32H55N5O4S2. The van der Waals surface area contributed by atoms with Crippen molar-refractivity contribution in [3.8, 4) is 0 Å². The van der Waals surface area contributed by atoms with Gasteiger partial charge in [0.05, 0.1) is 4.90 Å². The number of piperidine rings is 1. The fraction of sp³-hybridized carbons (Fsp3) is 0.812. The third-order valence-electron chi connectivity index (χ3n) is 10.4. The maximum absolute atomic E-state index is 14.1. The first-order valence-corrected chi connectivity index (χ1v) is 19.6. The molecule has 0 N–H and O–H groups in total. The Labute approximate surface area is 261 Å². The van der Waals surface area contributed by atoms with Crippen molar-refractivity contribution in [1.82, 2.24) is 17.8 Å². The number of hydrogen-bond acceptors (Lipinski definition) is 6. The molecule has 0 aromatic heterocycles. The summed E-state index contributed by atoms with van der Waals surface area (Å²) in [5.41, 5.74) is 0.631. The van der Waals surface area contributed by atoms with Crippen LogP contribution in [0.2, 0.25) is 0 Å². The Morgan fingerprint density at radius 3 is 1.88 bits per heavy atom. The predicted octanol–water partition coefficient (Wildman–Crippen LogP) is 4.48. The lowest BCUT2D eigenvalue weighted by molar-refractivity contribution is 0.173. The largest absolute Gasteiger partial charge is 0.378 e. The molecule has 5 rings (SSSR count). The van der Waals surface area contributed by atoms with Gasteiger partial charge in [-0.1, -0.05) is 26.2 Å². The van der Waals surface area contributed by atoms with Gasteiger partial charge in [-0.3, -0.25) is 0 Å². The summed E-state index contributed by atoms with van der Waals surface area (Å²) in [7, 11) is -3.46. The average Bonchev–Trinajstić information content (AvgIpc) is 3.75. The highest BCUT2D eigenvalue weighted by molar-refractivity contribution is 7.89. The Hall–Kier alpha value is -1.24. The molecule has 0 radical (unpaired) electrons. The fourth-order valence-electron chi connectivity index (χ4n) is 7.27. The van der Waals surface area contributed by atoms with Gasteiger partial charge in [-0.2, -0.15) is 21.3 Å². The Bertz CT molecular complexity index is 1250. The number of anilines is 1. The van der Waals surface area contributed by atoms with E-state index >= 15 is 0 Å². The Kier molecular flexibility index (Phi) is 10.8. The Morgan fingerprint density at radius 2 is 1.30 bits per heavy atom. The van der Waals surface area contributed by atoms with Gasteiger partial charge in [0, 0.05) is 65.6 Å². The molecule has 2 saturated heterocycles. The first-order chi connectivity index (χ1) is 20.5. The average molecular weight is 638 g/mol. The van der Waals surface area contributed by atoms with E-state index in [9.17, 15) is 16.8 Å². The van der Waals surface area contributed by atoms with Crippen LogP contribution >= 0.6 is 0 Å². The molecule has 0 unspecified atom stereocenters. The zero-order chi connectivity index (χ0) is 30.7. The molecule has 43 heavy (non-hydrogen) atoms. The van der Waals surface area contributed by atoms with Gasteiger partial charge in [0.15, 0.2) is 0 Å². The van der Waals surface area contributed by atoms with Crippen molar-refractivity contribution >= 4 is 25.9 Å². The van der Waals surface area contributed by atoms with Gasteiger partial charge < -0.3 is 9.80 Å². The highest BCUT2D eigenvalue weighted by Gasteiger charge is 2.49. The van der Waals surface area contributed by atoms with Gasteiger partial charge in [0.1, 0.15) is 0 Å². The van der Waals surface area contributed by atoms with Crippen molar-refractivity contribution in [3.05, 3.63) is 24.3 Å². The maximum atomic E-state index is 14.1. The van der Waals surface area contributed by atoms with Gasteiger partial charge in [-0.15, -0.1) is 0 Å². The molecule has 2 heterocycles. The van der Waals surface area contributed by atoms with Crippen LogP contribution in [0.3, 0.4) is 0 Å². The minimum Gasteiger partial charge on any atom is -0.378 e. The topological polar surface area (TPSA) is 84.5 Å². The Balaban J connectivity index is 1.40. The molecule has 11 heteroatoms. The quantitative estimate of drug-likeness (QED) is 0.439. The van der Waals surface area contributed by atoms with Crippen molar-refractivity contribution < 1.29 is 16.8 Å². The van der Waals surface area contributed by atoms with Gasteiger partial charge >= 0.3 is 0 Å². The van der Waals surface area contributed by atoms with E-state index in [-0.39, 0.29) is 5.41 Å². The summed E-state index contributed by atoms with van der Waals surface area (Å²) in [6, 6.07) is 7.14. The van der Waals surface area contributed by atoms with Crippen LogP contribution in [-0.2, 0) is 20.2 Å². The van der Waals surface area contributed by atoms with E-state index in [1.165, 1.54) is 32.1 Å². The standard InChI is InChI=1S/C32H55N5O4S2/c1-28-15-23-35(24-16-28)43(40,41)37-22-8-20-34(25-29-9-5-4-6-10-29)19-7-21-36(26-32(27-37)17-18-32)42(38,39)31-13-11-30(12-14-31)33(2)3/h11-14,28-29H,4-10,15-27H2,1-3H3. The van der Waals surface area contributed by atoms with Crippen LogP contribution in [0.1, 0.15) is 77.6 Å². The number of hydrogen-bond donors (Lipinski definition) is 0. The van der Waals surface area contributed by atoms with E-state index in [0.29, 0.717) is 56.0 Å². The highest BCUT2D eigenvalue weighted by Crippen LogP contribution is 2.48. The molecule has 2 aliphatic heterocycles. The number of nitrogens with zero attached hydrogens (tertiary/aromatic N) is 5. The van der Waals surface area contributed by atoms with Crippen LogP contribution in [0.15, 0.2) is 29.2 Å². The van der Waals surface area contributed by atoms with E-state index < -0.39 is 20.2 Å². The SMILES string of the molecule is CC1CCN(S(=O)(=O)N2CCCN(CC3CCCCC3)CCCN(S(=O)(=O)c3ccc(N(C)C)cc3)CC3(CC3)C2)CC1. The molecule has 9 nitrogen and oxygen atoms in total. The first kappa shape index (κ1) is 33.1. The maximum Gasteiger partial charge on any atom is 0.281 e. The molecule has 0 amide bonds. The smallest absolute Gasteiger partial charge is 0.281 e. The van der Waals surface area contributed by atoms with Crippen molar-refractivity contribution in [2.24, 2.45) is 17.3 Å². The van der Waals surface area contributed by atoms with Gasteiger partial charge in [0.2, 0.25) is 10.0 Å². The summed E-state index contributed by atoms with van der Waals surface area (Å²) in [5, 5.41) is 0. The van der Waals surface area contributed by atoms with Crippen molar-refractivity contribution in [1.29, 1.82) is 0 Å². The minimum absolute atomic E-state index is 0.312. The molecular weight excluding hydrogens is 583 g/mol. The molecule has 1 aromatic rings. The lowest BCUT2D eigenvalue weighted by Crippen LogP contribution is -2.51. The van der Waals surface area contributed by atoms with Gasteiger partial charge in [0.25, 0.3) is 10.2 Å². The number of sulfonamides is 1. The molecule has 2 aliphatic carbocycles. The van der Waals surface area contributed by atoms with E-state index in [2.05, 4.69) is 11.8 Å². The summed E-state index contributed by atoms with van der Waals surface area (Å²) >= 11 is 0. The van der Waals surface area contributed by atoms with Crippen LogP contribution in [0.4, 0.5) is 5.69 Å². The molecule has 0 bridgehead atoms. The molecule has 1 spiro atoms. The normalized spacial score (nSPS) is 25.3. The third-order valence-corrected chi connectivity index (χ3v) is 14.2. The second-order valence-electron chi connectivity index (χ2n) is 14.2. The second-order valence-corrected chi connectivity index (χ2v) is 18.0. The first-order valence-electron chi connectivity index (χ1n) is 16.7. The second kappa shape index (κ2) is 14.0. The number of rotatable bonds is 7. The van der Waals surface area contributed by atoms with E-state index in [0.717, 1.165) is 63.8 Å². The van der Waals surface area contributed by atoms with E-state index in [1.54, 1.807) is 25.0 Å². The summed E-state index contributed by atoms with van der Waals surface area (Å²) in [6.45, 7) is 7.79. The van der Waals surface area contributed by atoms with Crippen LogP contribution in [0.5, 0.6) is 0 Å². The van der Waals surface area contributed by atoms with Crippen molar-refractivity contribution in [2.75, 3.05) is 77.9 Å². The van der Waals surface area contributed by atoms with Crippen LogP contribution in [0.25, 0.3) is 0 Å². The lowest BCUT2D eigenvalue weighted by Gasteiger charge is -2.37. The summed E-state index contributed by atoms with van der Waals surface area (Å²) in [6.07, 6.45) is 11.5. The van der Waals surface area contributed by atoms with Crippen molar-refractivity contribution in [3.63, 3.8) is 0 Å². The van der Waals surface area contributed by atoms with E-state index in [4.69, 9.17) is 0 Å². The molecule has 1 aromatic carbocycles.